The summed E-state index contributed by atoms with van der Waals surface area (Å²) in [4.78, 5) is 20.0. The van der Waals surface area contributed by atoms with Crippen molar-refractivity contribution in [3.05, 3.63) is 48.0 Å². The summed E-state index contributed by atoms with van der Waals surface area (Å²) in [6.45, 7) is 4.86. The highest BCUT2D eigenvalue weighted by Gasteiger charge is 2.09. The van der Waals surface area contributed by atoms with Crippen LogP contribution in [0.25, 0.3) is 0 Å². The third kappa shape index (κ3) is 5.29. The number of carbonyl (C=O) groups is 1. The second-order valence-electron chi connectivity index (χ2n) is 3.78. The Morgan fingerprint density at radius 2 is 2.06 bits per heavy atom. The highest BCUT2D eigenvalue weighted by atomic mass is 17.2. The normalized spacial score (nSPS) is 11.9. The van der Waals surface area contributed by atoms with E-state index in [9.17, 15) is 9.90 Å². The second-order valence-corrected chi connectivity index (χ2v) is 3.78. The molecule has 4 heteroatoms. The van der Waals surface area contributed by atoms with E-state index >= 15 is 0 Å². The lowest BCUT2D eigenvalue weighted by molar-refractivity contribution is -0.277. The van der Waals surface area contributed by atoms with E-state index in [0.717, 1.165) is 5.56 Å². The maximum Gasteiger partial charge on any atom is 0.368 e. The molecule has 0 radical (unpaired) electrons. The van der Waals surface area contributed by atoms with Gasteiger partial charge in [-0.3, -0.25) is 4.89 Å². The van der Waals surface area contributed by atoms with Gasteiger partial charge in [0.25, 0.3) is 0 Å². The molecular weight excluding hydrogens is 220 g/mol. The van der Waals surface area contributed by atoms with E-state index in [-0.39, 0.29) is 12.2 Å². The van der Waals surface area contributed by atoms with Crippen molar-refractivity contribution >= 4 is 5.97 Å². The van der Waals surface area contributed by atoms with Crippen LogP contribution in [0.5, 0.6) is 0 Å². The molecule has 1 aromatic rings. The van der Waals surface area contributed by atoms with Crippen LogP contribution in [0.3, 0.4) is 0 Å². The summed E-state index contributed by atoms with van der Waals surface area (Å²) < 4.78 is 0. The fraction of sp³-hybridized carbons (Fsp3) is 0.308. The molecule has 0 aliphatic rings. The van der Waals surface area contributed by atoms with E-state index < -0.39 is 12.1 Å². The first-order valence-corrected chi connectivity index (χ1v) is 5.31. The maximum absolute atomic E-state index is 11.0. The van der Waals surface area contributed by atoms with Gasteiger partial charge in [-0.05, 0) is 12.5 Å². The van der Waals surface area contributed by atoms with E-state index in [1.165, 1.54) is 6.92 Å². The molecule has 0 heterocycles. The van der Waals surface area contributed by atoms with Crippen LogP contribution in [0.2, 0.25) is 0 Å². The quantitative estimate of drug-likeness (QED) is 0.463. The van der Waals surface area contributed by atoms with Crippen LogP contribution in [0.15, 0.2) is 42.5 Å². The third-order valence-corrected chi connectivity index (χ3v) is 2.06. The zero-order chi connectivity index (χ0) is 12.7. The van der Waals surface area contributed by atoms with Crippen molar-refractivity contribution in [3.8, 4) is 0 Å². The molecule has 1 N–H and O–H groups in total. The predicted octanol–water partition coefficient (Wildman–Crippen LogP) is 1.64. The Balaban J connectivity index is 2.24. The topological polar surface area (TPSA) is 55.8 Å². The zero-order valence-corrected chi connectivity index (χ0v) is 9.76. The molecule has 0 saturated heterocycles. The average molecular weight is 236 g/mol. The van der Waals surface area contributed by atoms with Gasteiger partial charge in [-0.15, -0.1) is 0 Å². The van der Waals surface area contributed by atoms with Gasteiger partial charge in [0.2, 0.25) is 0 Å². The number of aliphatic hydroxyl groups is 1. The number of hydrogen-bond acceptors (Lipinski definition) is 4. The highest BCUT2D eigenvalue weighted by molar-refractivity contribution is 5.86. The van der Waals surface area contributed by atoms with Gasteiger partial charge in [0.15, 0.2) is 0 Å². The number of hydrogen-bond donors (Lipinski definition) is 1. The maximum atomic E-state index is 11.0. The Kier molecular flexibility index (Phi) is 5.39. The van der Waals surface area contributed by atoms with Gasteiger partial charge in [0.05, 0.1) is 6.10 Å². The summed E-state index contributed by atoms with van der Waals surface area (Å²) in [5, 5.41) is 9.62. The molecule has 1 atom stereocenters. The molecule has 0 bridgehead atoms. The lowest BCUT2D eigenvalue weighted by Gasteiger charge is -2.10. The van der Waals surface area contributed by atoms with Gasteiger partial charge < -0.3 is 5.11 Å². The number of carbonyl (C=O) groups excluding carboxylic acids is 1. The number of rotatable bonds is 6. The SMILES string of the molecule is C=C(C)C(=O)OOCC(O)Cc1ccccc1. The summed E-state index contributed by atoms with van der Waals surface area (Å²) >= 11 is 0. The van der Waals surface area contributed by atoms with E-state index in [2.05, 4.69) is 16.4 Å². The van der Waals surface area contributed by atoms with Crippen LogP contribution in [0, 0.1) is 0 Å². The summed E-state index contributed by atoms with van der Waals surface area (Å²) in [6.07, 6.45) is -0.263. The van der Waals surface area contributed by atoms with Crippen molar-refractivity contribution in [2.75, 3.05) is 6.61 Å². The van der Waals surface area contributed by atoms with Gasteiger partial charge in [0, 0.05) is 12.0 Å². The molecule has 92 valence electrons. The largest absolute Gasteiger partial charge is 0.390 e. The van der Waals surface area contributed by atoms with Crippen molar-refractivity contribution in [2.24, 2.45) is 0 Å². The minimum Gasteiger partial charge on any atom is -0.390 e. The van der Waals surface area contributed by atoms with E-state index in [4.69, 9.17) is 0 Å². The van der Waals surface area contributed by atoms with Crippen LogP contribution in [0.4, 0.5) is 0 Å². The second kappa shape index (κ2) is 6.83. The van der Waals surface area contributed by atoms with Gasteiger partial charge in [0.1, 0.15) is 6.61 Å². The first-order chi connectivity index (χ1) is 8.09. The fourth-order valence-electron chi connectivity index (χ4n) is 1.18. The molecule has 4 nitrogen and oxygen atoms in total. The highest BCUT2D eigenvalue weighted by Crippen LogP contribution is 2.04. The van der Waals surface area contributed by atoms with Crippen molar-refractivity contribution in [2.45, 2.75) is 19.4 Å². The minimum absolute atomic E-state index is 0.0616. The monoisotopic (exact) mass is 236 g/mol. The van der Waals surface area contributed by atoms with Crippen molar-refractivity contribution in [1.82, 2.24) is 0 Å². The molecule has 0 aromatic heterocycles. The Hall–Kier alpha value is -1.65. The average Bonchev–Trinajstić information content (AvgIpc) is 2.30. The minimum atomic E-state index is -0.713. The molecular formula is C13H16O4. The van der Waals surface area contributed by atoms with Crippen molar-refractivity contribution < 1.29 is 19.7 Å². The molecule has 1 rings (SSSR count). The standard InChI is InChI=1S/C13H16O4/c1-10(2)13(15)17-16-9-12(14)8-11-6-4-3-5-7-11/h3-7,12,14H,1,8-9H2,2H3. The van der Waals surface area contributed by atoms with E-state index in [0.29, 0.717) is 6.42 Å². The number of benzene rings is 1. The van der Waals surface area contributed by atoms with Gasteiger partial charge in [-0.25, -0.2) is 4.79 Å². The zero-order valence-electron chi connectivity index (χ0n) is 9.76. The molecule has 0 aliphatic carbocycles. The molecule has 1 aromatic carbocycles. The van der Waals surface area contributed by atoms with E-state index in [1.807, 2.05) is 30.3 Å². The summed E-state index contributed by atoms with van der Waals surface area (Å²) in [7, 11) is 0. The van der Waals surface area contributed by atoms with Crippen LogP contribution < -0.4 is 0 Å². The molecule has 0 spiro atoms. The van der Waals surface area contributed by atoms with Crippen LogP contribution >= 0.6 is 0 Å². The van der Waals surface area contributed by atoms with Gasteiger partial charge in [-0.2, -0.15) is 4.89 Å². The van der Waals surface area contributed by atoms with Crippen LogP contribution in [0.1, 0.15) is 12.5 Å². The number of aliphatic hydroxyl groups excluding tert-OH is 1. The Morgan fingerprint density at radius 3 is 2.65 bits per heavy atom. The van der Waals surface area contributed by atoms with Crippen molar-refractivity contribution in [3.63, 3.8) is 0 Å². The summed E-state index contributed by atoms with van der Waals surface area (Å²) in [5.74, 6) is -0.628. The smallest absolute Gasteiger partial charge is 0.368 e. The molecule has 17 heavy (non-hydrogen) atoms. The van der Waals surface area contributed by atoms with Gasteiger partial charge >= 0.3 is 5.97 Å². The molecule has 0 saturated carbocycles. The molecule has 0 amide bonds. The lowest BCUT2D eigenvalue weighted by Crippen LogP contribution is -2.19. The van der Waals surface area contributed by atoms with Crippen LogP contribution in [-0.4, -0.2) is 23.8 Å². The first kappa shape index (κ1) is 13.4. The molecule has 0 aliphatic heterocycles. The fourth-order valence-corrected chi connectivity index (χ4v) is 1.18. The molecule has 1 unspecified atom stereocenters. The third-order valence-electron chi connectivity index (χ3n) is 2.06. The predicted molar refractivity (Wildman–Crippen MR) is 63.0 cm³/mol. The van der Waals surface area contributed by atoms with Crippen LogP contribution in [-0.2, 0) is 21.0 Å². The first-order valence-electron chi connectivity index (χ1n) is 5.31. The van der Waals surface area contributed by atoms with Gasteiger partial charge in [-0.1, -0.05) is 36.9 Å². The summed E-state index contributed by atoms with van der Waals surface area (Å²) in [5.41, 5.74) is 1.25. The van der Waals surface area contributed by atoms with E-state index in [1.54, 1.807) is 0 Å². The summed E-state index contributed by atoms with van der Waals surface area (Å²) in [6, 6.07) is 9.50. The van der Waals surface area contributed by atoms with Crippen molar-refractivity contribution in [1.29, 1.82) is 0 Å². The Bertz CT molecular complexity index is 372. The Morgan fingerprint density at radius 1 is 1.41 bits per heavy atom. The Labute approximate surface area is 100 Å². The molecule has 0 fully saturated rings. The lowest BCUT2D eigenvalue weighted by atomic mass is 10.1.